The topological polar surface area (TPSA) is 96.0 Å². The van der Waals surface area contributed by atoms with Crippen molar-refractivity contribution in [3.63, 3.8) is 0 Å². The minimum absolute atomic E-state index is 0.0498. The standard InChI is InChI=1S/C13H21N3O5/c1-13(2,3)10(11(19)21-5)14-8(17)6-16-9(18)7-15(4)12(16)20/h10H,6-7H2,1-5H3,(H,14,17). The van der Waals surface area contributed by atoms with Crippen LogP contribution in [-0.4, -0.2) is 66.9 Å². The second-order valence-corrected chi connectivity index (χ2v) is 6.01. The summed E-state index contributed by atoms with van der Waals surface area (Å²) in [6.45, 7) is 4.86. The van der Waals surface area contributed by atoms with Crippen LogP contribution >= 0.6 is 0 Å². The molecule has 8 nitrogen and oxygen atoms in total. The van der Waals surface area contributed by atoms with E-state index in [9.17, 15) is 19.2 Å². The van der Waals surface area contributed by atoms with Gasteiger partial charge in [0.1, 0.15) is 19.1 Å². The highest BCUT2D eigenvalue weighted by Crippen LogP contribution is 2.20. The maximum absolute atomic E-state index is 12.0. The summed E-state index contributed by atoms with van der Waals surface area (Å²) in [4.78, 5) is 49.1. The molecule has 1 fully saturated rings. The van der Waals surface area contributed by atoms with Crippen LogP contribution in [0.3, 0.4) is 0 Å². The Balaban J connectivity index is 2.73. The molecule has 0 aromatic rings. The monoisotopic (exact) mass is 299 g/mol. The lowest BCUT2D eigenvalue weighted by atomic mass is 9.86. The van der Waals surface area contributed by atoms with Crippen LogP contribution in [0.25, 0.3) is 0 Å². The summed E-state index contributed by atoms with van der Waals surface area (Å²) in [7, 11) is 2.71. The van der Waals surface area contributed by atoms with Gasteiger partial charge in [-0.3, -0.25) is 14.5 Å². The second-order valence-electron chi connectivity index (χ2n) is 6.01. The van der Waals surface area contributed by atoms with Crippen LogP contribution in [0.15, 0.2) is 0 Å². The van der Waals surface area contributed by atoms with Gasteiger partial charge in [0.05, 0.1) is 7.11 Å². The molecule has 1 saturated heterocycles. The second kappa shape index (κ2) is 6.11. The first-order valence-corrected chi connectivity index (χ1v) is 6.50. The molecule has 0 aromatic heterocycles. The molecule has 0 radical (unpaired) electrons. The van der Waals surface area contributed by atoms with E-state index in [0.29, 0.717) is 0 Å². The van der Waals surface area contributed by atoms with Gasteiger partial charge in [-0.1, -0.05) is 20.8 Å². The lowest BCUT2D eigenvalue weighted by molar-refractivity contribution is -0.148. The zero-order valence-corrected chi connectivity index (χ0v) is 12.9. The van der Waals surface area contributed by atoms with Gasteiger partial charge >= 0.3 is 12.0 Å². The quantitative estimate of drug-likeness (QED) is 0.562. The van der Waals surface area contributed by atoms with Crippen LogP contribution in [0, 0.1) is 5.41 Å². The summed E-state index contributed by atoms with van der Waals surface area (Å²) in [5, 5.41) is 2.51. The highest BCUT2D eigenvalue weighted by molar-refractivity contribution is 6.04. The Hall–Kier alpha value is -2.12. The Morgan fingerprint density at radius 3 is 2.29 bits per heavy atom. The highest BCUT2D eigenvalue weighted by Gasteiger charge is 2.37. The Bertz CT molecular complexity index is 469. The van der Waals surface area contributed by atoms with Gasteiger partial charge in [-0.25, -0.2) is 9.59 Å². The zero-order chi connectivity index (χ0) is 16.4. The minimum atomic E-state index is -0.861. The smallest absolute Gasteiger partial charge is 0.328 e. The molecule has 21 heavy (non-hydrogen) atoms. The van der Waals surface area contributed by atoms with E-state index in [4.69, 9.17) is 0 Å². The van der Waals surface area contributed by atoms with Crippen molar-refractivity contribution in [2.24, 2.45) is 5.41 Å². The molecule has 1 aliphatic rings. The SMILES string of the molecule is COC(=O)C(NC(=O)CN1C(=O)CN(C)C1=O)C(C)(C)C. The van der Waals surface area contributed by atoms with Crippen LogP contribution in [-0.2, 0) is 19.1 Å². The van der Waals surface area contributed by atoms with Crippen LogP contribution in [0.4, 0.5) is 4.79 Å². The number of hydrogen-bond donors (Lipinski definition) is 1. The fraction of sp³-hybridized carbons (Fsp3) is 0.692. The van der Waals surface area contributed by atoms with Crippen molar-refractivity contribution in [2.45, 2.75) is 26.8 Å². The molecule has 1 heterocycles. The summed E-state index contributed by atoms with van der Waals surface area (Å²) in [6.07, 6.45) is 0. The number of carbonyl (C=O) groups excluding carboxylic acids is 4. The molecule has 1 unspecified atom stereocenters. The van der Waals surface area contributed by atoms with Gasteiger partial charge in [0.2, 0.25) is 5.91 Å². The van der Waals surface area contributed by atoms with E-state index in [0.717, 1.165) is 4.90 Å². The Morgan fingerprint density at radius 1 is 1.33 bits per heavy atom. The number of nitrogens with one attached hydrogen (secondary N) is 1. The molecule has 8 heteroatoms. The molecule has 4 amide bonds. The van der Waals surface area contributed by atoms with Gasteiger partial charge in [-0.15, -0.1) is 0 Å². The van der Waals surface area contributed by atoms with E-state index in [1.165, 1.54) is 19.1 Å². The average Bonchev–Trinajstić information content (AvgIpc) is 2.60. The summed E-state index contributed by atoms with van der Waals surface area (Å²) in [5.74, 6) is -1.60. The Kier molecular flexibility index (Phi) is 4.93. The van der Waals surface area contributed by atoms with E-state index in [2.05, 4.69) is 10.1 Å². The number of carbonyl (C=O) groups is 4. The van der Waals surface area contributed by atoms with Crippen molar-refractivity contribution in [1.82, 2.24) is 15.1 Å². The summed E-state index contributed by atoms with van der Waals surface area (Å²) >= 11 is 0. The predicted molar refractivity (Wildman–Crippen MR) is 73.1 cm³/mol. The van der Waals surface area contributed by atoms with Gasteiger partial charge < -0.3 is 15.0 Å². The number of methoxy groups -OCH3 is 1. The summed E-state index contributed by atoms with van der Waals surface area (Å²) in [5.41, 5.74) is -0.557. The van der Waals surface area contributed by atoms with Crippen molar-refractivity contribution in [2.75, 3.05) is 27.2 Å². The molecule has 1 rings (SSSR count). The van der Waals surface area contributed by atoms with Crippen molar-refractivity contribution in [1.29, 1.82) is 0 Å². The van der Waals surface area contributed by atoms with Crippen LogP contribution in [0.5, 0.6) is 0 Å². The molecule has 1 aliphatic heterocycles. The largest absolute Gasteiger partial charge is 0.467 e. The fourth-order valence-electron chi connectivity index (χ4n) is 1.92. The first-order chi connectivity index (χ1) is 9.57. The molecule has 0 saturated carbocycles. The van der Waals surface area contributed by atoms with Crippen molar-refractivity contribution in [3.8, 4) is 0 Å². The van der Waals surface area contributed by atoms with Crippen LogP contribution in [0.1, 0.15) is 20.8 Å². The lowest BCUT2D eigenvalue weighted by Crippen LogP contribution is -2.52. The molecule has 118 valence electrons. The number of nitrogens with zero attached hydrogens (tertiary/aromatic N) is 2. The molecular weight excluding hydrogens is 278 g/mol. The molecule has 1 atom stereocenters. The number of likely N-dealkylation sites (N-methyl/N-ethyl adjacent to an activating group) is 1. The number of ether oxygens (including phenoxy) is 1. The third kappa shape index (κ3) is 3.93. The maximum Gasteiger partial charge on any atom is 0.328 e. The third-order valence-corrected chi connectivity index (χ3v) is 3.14. The van der Waals surface area contributed by atoms with E-state index < -0.39 is 41.8 Å². The molecule has 0 bridgehead atoms. The van der Waals surface area contributed by atoms with Crippen molar-refractivity contribution < 1.29 is 23.9 Å². The number of amides is 4. The van der Waals surface area contributed by atoms with Gasteiger partial charge in [0.25, 0.3) is 5.91 Å². The number of hydrogen-bond acceptors (Lipinski definition) is 5. The molecule has 0 spiro atoms. The number of imide groups is 1. The first kappa shape index (κ1) is 16.9. The maximum atomic E-state index is 12.0. The van der Waals surface area contributed by atoms with E-state index in [-0.39, 0.29) is 6.54 Å². The van der Waals surface area contributed by atoms with E-state index in [1.54, 1.807) is 20.8 Å². The summed E-state index contributed by atoms with van der Waals surface area (Å²) in [6, 6.07) is -1.39. The Labute approximate surface area is 123 Å². The van der Waals surface area contributed by atoms with Crippen LogP contribution < -0.4 is 5.32 Å². The Morgan fingerprint density at radius 2 is 1.90 bits per heavy atom. The van der Waals surface area contributed by atoms with E-state index >= 15 is 0 Å². The first-order valence-electron chi connectivity index (χ1n) is 6.50. The van der Waals surface area contributed by atoms with Gasteiger partial charge in [-0.05, 0) is 5.41 Å². The predicted octanol–water partition coefficient (Wildman–Crippen LogP) is -0.416. The van der Waals surface area contributed by atoms with Crippen molar-refractivity contribution >= 4 is 23.8 Å². The normalized spacial score (nSPS) is 17.0. The zero-order valence-electron chi connectivity index (χ0n) is 12.9. The summed E-state index contributed by atoms with van der Waals surface area (Å²) < 4.78 is 4.66. The molecule has 0 aliphatic carbocycles. The van der Waals surface area contributed by atoms with E-state index in [1.807, 2.05) is 0 Å². The van der Waals surface area contributed by atoms with Crippen LogP contribution in [0.2, 0.25) is 0 Å². The number of rotatable bonds is 4. The number of esters is 1. The van der Waals surface area contributed by atoms with Gasteiger partial charge in [0.15, 0.2) is 0 Å². The number of urea groups is 1. The molecule has 1 N–H and O–H groups in total. The fourth-order valence-corrected chi connectivity index (χ4v) is 1.92. The van der Waals surface area contributed by atoms with Gasteiger partial charge in [0, 0.05) is 7.05 Å². The van der Waals surface area contributed by atoms with Gasteiger partial charge in [-0.2, -0.15) is 0 Å². The molecular formula is C13H21N3O5. The lowest BCUT2D eigenvalue weighted by Gasteiger charge is -2.29. The van der Waals surface area contributed by atoms with Crippen molar-refractivity contribution in [3.05, 3.63) is 0 Å². The highest BCUT2D eigenvalue weighted by atomic mass is 16.5. The molecule has 0 aromatic carbocycles. The third-order valence-electron chi connectivity index (χ3n) is 3.14. The minimum Gasteiger partial charge on any atom is -0.467 e. The average molecular weight is 299 g/mol.